The van der Waals surface area contributed by atoms with Crippen molar-refractivity contribution in [2.75, 3.05) is 6.61 Å². The summed E-state index contributed by atoms with van der Waals surface area (Å²) in [7, 11) is 0. The summed E-state index contributed by atoms with van der Waals surface area (Å²) in [5.41, 5.74) is 2.38. The van der Waals surface area contributed by atoms with Crippen molar-refractivity contribution in [3.63, 3.8) is 0 Å². The van der Waals surface area contributed by atoms with E-state index in [-0.39, 0.29) is 18.4 Å². The second-order valence-electron chi connectivity index (χ2n) is 5.01. The average Bonchev–Trinajstić information content (AvgIpc) is 2.49. The zero-order valence-electron chi connectivity index (χ0n) is 10.4. The van der Waals surface area contributed by atoms with Crippen molar-refractivity contribution in [3.8, 4) is 0 Å². The van der Waals surface area contributed by atoms with Gasteiger partial charge in [0, 0.05) is 12.5 Å². The highest BCUT2D eigenvalue weighted by molar-refractivity contribution is 6.04. The van der Waals surface area contributed by atoms with Gasteiger partial charge in [-0.15, -0.1) is 0 Å². The predicted octanol–water partition coefficient (Wildman–Crippen LogP) is 2.30. The van der Waals surface area contributed by atoms with E-state index in [1.165, 1.54) is 6.92 Å². The molecule has 17 heavy (non-hydrogen) atoms. The first kappa shape index (κ1) is 11.8. The van der Waals surface area contributed by atoms with Crippen molar-refractivity contribution < 1.29 is 14.3 Å². The van der Waals surface area contributed by atoms with Crippen molar-refractivity contribution in [1.29, 1.82) is 0 Å². The number of Topliss-reactive ketones (excluding diaryl/α,β-unsaturated/α-hetero) is 1. The van der Waals surface area contributed by atoms with E-state index in [9.17, 15) is 9.59 Å². The van der Waals surface area contributed by atoms with E-state index in [1.54, 1.807) is 0 Å². The number of hydrogen-bond donors (Lipinski definition) is 0. The normalized spacial score (nSPS) is 22.4. The molecule has 1 aromatic rings. The molecule has 0 amide bonds. The molecule has 1 aliphatic rings. The van der Waals surface area contributed by atoms with Crippen LogP contribution >= 0.6 is 0 Å². The molecular formula is C14H16O3. The number of carbonyl (C=O) groups excluding carboxylic acids is 2. The summed E-state index contributed by atoms with van der Waals surface area (Å²) in [5, 5.41) is 0. The first-order chi connectivity index (χ1) is 7.92. The molecule has 90 valence electrons. The fourth-order valence-electron chi connectivity index (χ4n) is 2.29. The Morgan fingerprint density at radius 2 is 2.18 bits per heavy atom. The number of carbonyl (C=O) groups is 2. The largest absolute Gasteiger partial charge is 0.465 e. The molecule has 0 fully saturated rings. The molecule has 0 radical (unpaired) electrons. The summed E-state index contributed by atoms with van der Waals surface area (Å²) < 4.78 is 5.00. The molecule has 3 heteroatoms. The van der Waals surface area contributed by atoms with Gasteiger partial charge in [-0.2, -0.15) is 0 Å². The molecule has 0 N–H and O–H groups in total. The minimum absolute atomic E-state index is 0.0775. The molecule has 1 unspecified atom stereocenters. The van der Waals surface area contributed by atoms with E-state index >= 15 is 0 Å². The maximum Gasteiger partial charge on any atom is 0.302 e. The van der Waals surface area contributed by atoms with Gasteiger partial charge in [0.1, 0.15) is 6.61 Å². The van der Waals surface area contributed by atoms with E-state index in [4.69, 9.17) is 4.74 Å². The van der Waals surface area contributed by atoms with Crippen LogP contribution in [0.2, 0.25) is 0 Å². The fraction of sp³-hybridized carbons (Fsp3) is 0.429. The van der Waals surface area contributed by atoms with E-state index in [1.807, 2.05) is 32.0 Å². The Bertz CT molecular complexity index is 490. The number of benzene rings is 1. The number of aryl methyl sites for hydroxylation is 1. The van der Waals surface area contributed by atoms with Crippen LogP contribution in [0, 0.1) is 12.3 Å². The van der Waals surface area contributed by atoms with Crippen molar-refractivity contribution in [2.24, 2.45) is 5.41 Å². The lowest BCUT2D eigenvalue weighted by Gasteiger charge is -2.20. The topological polar surface area (TPSA) is 43.4 Å². The van der Waals surface area contributed by atoms with Crippen LogP contribution in [0.25, 0.3) is 0 Å². The lowest BCUT2D eigenvalue weighted by atomic mass is 9.87. The Hall–Kier alpha value is -1.64. The highest BCUT2D eigenvalue weighted by Crippen LogP contribution is 2.37. The number of hydrogen-bond acceptors (Lipinski definition) is 3. The van der Waals surface area contributed by atoms with Crippen LogP contribution in [0.4, 0.5) is 0 Å². The molecule has 0 aromatic heterocycles. The summed E-state index contributed by atoms with van der Waals surface area (Å²) in [5.74, 6) is -0.264. The number of fused-ring (bicyclic) bond motifs is 1. The molecule has 0 aliphatic heterocycles. The van der Waals surface area contributed by atoms with Crippen LogP contribution < -0.4 is 0 Å². The molecule has 0 saturated carbocycles. The summed E-state index contributed by atoms with van der Waals surface area (Å²) in [6, 6.07) is 5.84. The maximum atomic E-state index is 12.3. The number of rotatable bonds is 2. The van der Waals surface area contributed by atoms with Crippen molar-refractivity contribution in [2.45, 2.75) is 27.2 Å². The third-order valence-electron chi connectivity index (χ3n) is 3.23. The molecule has 0 spiro atoms. The van der Waals surface area contributed by atoms with E-state index in [2.05, 4.69) is 0 Å². The number of ketones is 1. The molecule has 2 rings (SSSR count). The van der Waals surface area contributed by atoms with Gasteiger partial charge in [0.15, 0.2) is 5.78 Å². The standard InChI is InChI=1S/C14H16O3/c1-9-4-5-12-11(6-9)7-14(3,13(12)16)8-17-10(2)15/h4-6H,7-8H2,1-3H3. The molecule has 1 aromatic carbocycles. The van der Waals surface area contributed by atoms with Gasteiger partial charge in [-0.1, -0.05) is 23.8 Å². The molecule has 1 aliphatic carbocycles. The molecule has 0 saturated heterocycles. The molecule has 0 heterocycles. The Morgan fingerprint density at radius 1 is 1.47 bits per heavy atom. The summed E-state index contributed by atoms with van der Waals surface area (Å²) in [6.07, 6.45) is 0.649. The van der Waals surface area contributed by atoms with Gasteiger partial charge in [0.2, 0.25) is 0 Å². The van der Waals surface area contributed by atoms with Crippen molar-refractivity contribution >= 4 is 11.8 Å². The Balaban J connectivity index is 2.26. The van der Waals surface area contributed by atoms with Crippen LogP contribution in [0.3, 0.4) is 0 Å². The molecule has 3 nitrogen and oxygen atoms in total. The van der Waals surface area contributed by atoms with Gasteiger partial charge in [-0.05, 0) is 25.8 Å². The summed E-state index contributed by atoms with van der Waals surface area (Å²) >= 11 is 0. The van der Waals surface area contributed by atoms with Gasteiger partial charge in [0.25, 0.3) is 0 Å². The predicted molar refractivity (Wildman–Crippen MR) is 64.0 cm³/mol. The zero-order valence-corrected chi connectivity index (χ0v) is 10.4. The van der Waals surface area contributed by atoms with Crippen molar-refractivity contribution in [3.05, 3.63) is 34.9 Å². The first-order valence-electron chi connectivity index (χ1n) is 5.70. The zero-order chi connectivity index (χ0) is 12.6. The van der Waals surface area contributed by atoms with Gasteiger partial charge in [-0.3, -0.25) is 9.59 Å². The minimum atomic E-state index is -0.595. The summed E-state index contributed by atoms with van der Waals surface area (Å²) in [4.78, 5) is 23.1. The van der Waals surface area contributed by atoms with Crippen LogP contribution in [0.15, 0.2) is 18.2 Å². The third kappa shape index (κ3) is 2.09. The lowest BCUT2D eigenvalue weighted by molar-refractivity contribution is -0.143. The number of esters is 1. The monoisotopic (exact) mass is 232 g/mol. The fourth-order valence-corrected chi connectivity index (χ4v) is 2.29. The van der Waals surface area contributed by atoms with Crippen molar-refractivity contribution in [1.82, 2.24) is 0 Å². The Kier molecular flexibility index (Phi) is 2.77. The average molecular weight is 232 g/mol. The van der Waals surface area contributed by atoms with E-state index in [0.717, 1.165) is 16.7 Å². The molecular weight excluding hydrogens is 216 g/mol. The maximum absolute atomic E-state index is 12.3. The highest BCUT2D eigenvalue weighted by atomic mass is 16.5. The Morgan fingerprint density at radius 3 is 2.82 bits per heavy atom. The smallest absolute Gasteiger partial charge is 0.302 e. The quantitative estimate of drug-likeness (QED) is 0.735. The SMILES string of the molecule is CC(=O)OCC1(C)Cc2cc(C)ccc2C1=O. The van der Waals surface area contributed by atoms with Gasteiger partial charge < -0.3 is 4.74 Å². The minimum Gasteiger partial charge on any atom is -0.465 e. The molecule has 1 atom stereocenters. The summed E-state index contributed by atoms with van der Waals surface area (Å²) in [6.45, 7) is 5.38. The van der Waals surface area contributed by atoms with Crippen LogP contribution in [-0.4, -0.2) is 18.4 Å². The molecule has 0 bridgehead atoms. The van der Waals surface area contributed by atoms with E-state index < -0.39 is 5.41 Å². The second kappa shape index (κ2) is 3.99. The highest BCUT2D eigenvalue weighted by Gasteiger charge is 2.42. The van der Waals surface area contributed by atoms with Crippen LogP contribution in [-0.2, 0) is 16.0 Å². The van der Waals surface area contributed by atoms with Crippen LogP contribution in [0.5, 0.6) is 0 Å². The van der Waals surface area contributed by atoms with Gasteiger partial charge >= 0.3 is 5.97 Å². The number of ether oxygens (including phenoxy) is 1. The second-order valence-corrected chi connectivity index (χ2v) is 5.01. The Labute approximate surface area is 101 Å². The van der Waals surface area contributed by atoms with E-state index in [0.29, 0.717) is 6.42 Å². The van der Waals surface area contributed by atoms with Gasteiger partial charge in [0.05, 0.1) is 5.41 Å². The first-order valence-corrected chi connectivity index (χ1v) is 5.70. The van der Waals surface area contributed by atoms with Crippen LogP contribution in [0.1, 0.15) is 35.3 Å². The van der Waals surface area contributed by atoms with Gasteiger partial charge in [-0.25, -0.2) is 0 Å². The lowest BCUT2D eigenvalue weighted by Crippen LogP contribution is -2.30. The third-order valence-corrected chi connectivity index (χ3v) is 3.23.